The van der Waals surface area contributed by atoms with Crippen LogP contribution >= 0.6 is 0 Å². The Morgan fingerprint density at radius 1 is 1.12 bits per heavy atom. The van der Waals surface area contributed by atoms with Crippen molar-refractivity contribution >= 4 is 11.9 Å². The Morgan fingerprint density at radius 3 is 2.12 bits per heavy atom. The molecule has 0 radical (unpaired) electrons. The van der Waals surface area contributed by atoms with E-state index in [1.807, 2.05) is 0 Å². The molecule has 0 bridgehead atoms. The number of carboxylic acids is 1. The summed E-state index contributed by atoms with van der Waals surface area (Å²) in [6, 6.07) is -0.169. The van der Waals surface area contributed by atoms with E-state index in [4.69, 9.17) is 10.8 Å². The number of aliphatic carboxylic acids is 1. The number of carbonyl (C=O) groups excluding carboxylic acids is 1. The van der Waals surface area contributed by atoms with Gasteiger partial charge < -0.3 is 16.2 Å². The molecule has 17 heavy (non-hydrogen) atoms. The molecule has 0 aromatic rings. The van der Waals surface area contributed by atoms with E-state index in [9.17, 15) is 9.59 Å². The number of hydrogen-bond acceptors (Lipinski definition) is 3. The van der Waals surface area contributed by atoms with E-state index in [2.05, 4.69) is 5.32 Å². The summed E-state index contributed by atoms with van der Waals surface area (Å²) >= 11 is 0. The standard InChI is InChI=1S/C12H20N2O3/c13-11(15)8-3-5-9(6-4-8)14-10(12(16)17)7-1-2-7/h7-10,14H,1-6H2,(H2,13,15)(H,16,17). The van der Waals surface area contributed by atoms with Gasteiger partial charge >= 0.3 is 5.97 Å². The summed E-state index contributed by atoms with van der Waals surface area (Å²) in [4.78, 5) is 22.1. The van der Waals surface area contributed by atoms with Crippen molar-refractivity contribution in [3.63, 3.8) is 0 Å². The summed E-state index contributed by atoms with van der Waals surface area (Å²) < 4.78 is 0. The highest BCUT2D eigenvalue weighted by atomic mass is 16.4. The van der Waals surface area contributed by atoms with Crippen molar-refractivity contribution in [3.05, 3.63) is 0 Å². The molecule has 4 N–H and O–H groups in total. The van der Waals surface area contributed by atoms with Crippen LogP contribution in [0.3, 0.4) is 0 Å². The van der Waals surface area contributed by atoms with E-state index in [1.165, 1.54) is 0 Å². The summed E-state index contributed by atoms with van der Waals surface area (Å²) in [5.74, 6) is -0.677. The van der Waals surface area contributed by atoms with E-state index in [0.29, 0.717) is 5.92 Å². The highest BCUT2D eigenvalue weighted by Gasteiger charge is 2.38. The summed E-state index contributed by atoms with van der Waals surface area (Å²) in [6.45, 7) is 0. The van der Waals surface area contributed by atoms with Crippen molar-refractivity contribution in [2.45, 2.75) is 50.6 Å². The van der Waals surface area contributed by atoms with Crippen molar-refractivity contribution in [1.29, 1.82) is 0 Å². The van der Waals surface area contributed by atoms with Crippen LogP contribution in [0.25, 0.3) is 0 Å². The number of carboxylic acid groups (broad SMARTS) is 1. The molecule has 1 atom stereocenters. The van der Waals surface area contributed by atoms with Crippen LogP contribution in [0.2, 0.25) is 0 Å². The van der Waals surface area contributed by atoms with Crippen LogP contribution < -0.4 is 11.1 Å². The SMILES string of the molecule is NC(=O)C1CCC(NC(C(=O)O)C2CC2)CC1. The van der Waals surface area contributed by atoms with Crippen molar-refractivity contribution in [1.82, 2.24) is 5.32 Å². The van der Waals surface area contributed by atoms with Crippen molar-refractivity contribution in [2.75, 3.05) is 0 Å². The third kappa shape index (κ3) is 3.19. The maximum atomic E-state index is 11.1. The van der Waals surface area contributed by atoms with E-state index in [0.717, 1.165) is 38.5 Å². The molecule has 96 valence electrons. The predicted molar refractivity (Wildman–Crippen MR) is 62.2 cm³/mol. The fourth-order valence-corrected chi connectivity index (χ4v) is 2.64. The average Bonchev–Trinajstić information content (AvgIpc) is 3.10. The molecule has 0 aromatic heterocycles. The molecular formula is C12H20N2O3. The van der Waals surface area contributed by atoms with Gasteiger partial charge in [0.15, 0.2) is 0 Å². The Bertz CT molecular complexity index is 307. The van der Waals surface area contributed by atoms with Gasteiger partial charge in [0.2, 0.25) is 5.91 Å². The zero-order valence-electron chi connectivity index (χ0n) is 9.89. The molecule has 2 fully saturated rings. The normalized spacial score (nSPS) is 30.8. The van der Waals surface area contributed by atoms with Gasteiger partial charge in [0.25, 0.3) is 0 Å². The molecule has 0 aliphatic heterocycles. The van der Waals surface area contributed by atoms with Crippen LogP contribution in [-0.2, 0) is 9.59 Å². The Balaban J connectivity index is 1.80. The topological polar surface area (TPSA) is 92.4 Å². The van der Waals surface area contributed by atoms with E-state index in [1.54, 1.807) is 0 Å². The molecule has 1 unspecified atom stereocenters. The molecule has 2 aliphatic carbocycles. The minimum Gasteiger partial charge on any atom is -0.480 e. The molecular weight excluding hydrogens is 220 g/mol. The van der Waals surface area contributed by atoms with Crippen LogP contribution in [-0.4, -0.2) is 29.1 Å². The fourth-order valence-electron chi connectivity index (χ4n) is 2.64. The maximum Gasteiger partial charge on any atom is 0.320 e. The van der Waals surface area contributed by atoms with E-state index in [-0.39, 0.29) is 17.9 Å². The minimum absolute atomic E-state index is 0.0164. The van der Waals surface area contributed by atoms with Crippen LogP contribution in [0.1, 0.15) is 38.5 Å². The second kappa shape index (κ2) is 5.04. The van der Waals surface area contributed by atoms with Gasteiger partial charge in [-0.3, -0.25) is 9.59 Å². The van der Waals surface area contributed by atoms with Crippen LogP contribution in [0.5, 0.6) is 0 Å². The van der Waals surface area contributed by atoms with Crippen molar-refractivity contribution in [3.8, 4) is 0 Å². The molecule has 2 rings (SSSR count). The van der Waals surface area contributed by atoms with Crippen LogP contribution in [0.4, 0.5) is 0 Å². The van der Waals surface area contributed by atoms with Crippen LogP contribution in [0, 0.1) is 11.8 Å². The summed E-state index contributed by atoms with van der Waals surface area (Å²) in [6.07, 6.45) is 5.30. The number of primary amides is 1. The molecule has 0 aromatic carbocycles. The predicted octanol–water partition coefficient (Wildman–Crippen LogP) is 0.483. The number of hydrogen-bond donors (Lipinski definition) is 3. The first kappa shape index (κ1) is 12.4. The lowest BCUT2D eigenvalue weighted by molar-refractivity contribution is -0.140. The van der Waals surface area contributed by atoms with Crippen molar-refractivity contribution < 1.29 is 14.7 Å². The van der Waals surface area contributed by atoms with Gasteiger partial charge in [-0.2, -0.15) is 0 Å². The van der Waals surface area contributed by atoms with Gasteiger partial charge in [-0.1, -0.05) is 0 Å². The number of nitrogens with one attached hydrogen (secondary N) is 1. The van der Waals surface area contributed by atoms with Gasteiger partial charge in [0.05, 0.1) is 0 Å². The monoisotopic (exact) mass is 240 g/mol. The molecule has 5 heteroatoms. The Labute approximate surface area is 101 Å². The first-order valence-corrected chi connectivity index (χ1v) is 6.36. The average molecular weight is 240 g/mol. The van der Waals surface area contributed by atoms with Gasteiger partial charge in [-0.25, -0.2) is 0 Å². The number of nitrogens with two attached hydrogens (primary N) is 1. The third-order valence-electron chi connectivity index (χ3n) is 3.90. The van der Waals surface area contributed by atoms with Gasteiger partial charge in [-0.15, -0.1) is 0 Å². The van der Waals surface area contributed by atoms with Crippen LogP contribution in [0.15, 0.2) is 0 Å². The Kier molecular flexibility index (Phi) is 3.66. The first-order valence-electron chi connectivity index (χ1n) is 6.36. The summed E-state index contributed by atoms with van der Waals surface area (Å²) in [5.41, 5.74) is 5.27. The summed E-state index contributed by atoms with van der Waals surface area (Å²) in [7, 11) is 0. The number of amides is 1. The highest BCUT2D eigenvalue weighted by molar-refractivity contribution is 5.76. The lowest BCUT2D eigenvalue weighted by atomic mass is 9.85. The van der Waals surface area contributed by atoms with E-state index >= 15 is 0 Å². The van der Waals surface area contributed by atoms with Gasteiger partial charge in [0.1, 0.15) is 6.04 Å². The second-order valence-electron chi connectivity index (χ2n) is 5.27. The van der Waals surface area contributed by atoms with Gasteiger partial charge in [-0.05, 0) is 44.4 Å². The summed E-state index contributed by atoms with van der Waals surface area (Å²) in [5, 5.41) is 12.3. The zero-order chi connectivity index (χ0) is 12.4. The molecule has 5 nitrogen and oxygen atoms in total. The number of rotatable bonds is 5. The molecule has 0 spiro atoms. The Morgan fingerprint density at radius 2 is 1.71 bits per heavy atom. The number of carbonyl (C=O) groups is 2. The third-order valence-corrected chi connectivity index (χ3v) is 3.90. The molecule has 0 heterocycles. The molecule has 2 saturated carbocycles. The van der Waals surface area contributed by atoms with E-state index < -0.39 is 12.0 Å². The molecule has 0 saturated heterocycles. The zero-order valence-corrected chi connectivity index (χ0v) is 9.89. The molecule has 1 amide bonds. The van der Waals surface area contributed by atoms with Gasteiger partial charge in [0, 0.05) is 12.0 Å². The maximum absolute atomic E-state index is 11.1. The smallest absolute Gasteiger partial charge is 0.320 e. The lowest BCUT2D eigenvalue weighted by Crippen LogP contribution is -2.46. The molecule has 2 aliphatic rings. The lowest BCUT2D eigenvalue weighted by Gasteiger charge is -2.29. The quantitative estimate of drug-likeness (QED) is 0.652. The second-order valence-corrected chi connectivity index (χ2v) is 5.27. The largest absolute Gasteiger partial charge is 0.480 e. The first-order chi connectivity index (χ1) is 8.08. The van der Waals surface area contributed by atoms with Crippen molar-refractivity contribution in [2.24, 2.45) is 17.6 Å². The fraction of sp³-hybridized carbons (Fsp3) is 0.833. The highest BCUT2D eigenvalue weighted by Crippen LogP contribution is 2.34. The minimum atomic E-state index is -0.746. The Hall–Kier alpha value is -1.10.